The number of carbonyl (C=O) groups is 1. The van der Waals surface area contributed by atoms with E-state index in [2.05, 4.69) is 5.32 Å². The van der Waals surface area contributed by atoms with Crippen LogP contribution in [0.25, 0.3) is 0 Å². The summed E-state index contributed by atoms with van der Waals surface area (Å²) >= 11 is 0. The van der Waals surface area contributed by atoms with E-state index in [9.17, 15) is 9.00 Å². The molecule has 2 rings (SSSR count). The highest BCUT2D eigenvalue weighted by atomic mass is 32.2. The highest BCUT2D eigenvalue weighted by molar-refractivity contribution is 7.84. The molecule has 1 aliphatic heterocycles. The number of nitrogens with one attached hydrogen (secondary N) is 1. The first kappa shape index (κ1) is 12.3. The first-order chi connectivity index (χ1) is 8.20. The van der Waals surface area contributed by atoms with Gasteiger partial charge in [-0.1, -0.05) is 12.1 Å². The summed E-state index contributed by atoms with van der Waals surface area (Å²) in [5, 5.41) is 3.20. The Hall–Kier alpha value is -1.20. The molecular formula is C12H16N2O2S. The van der Waals surface area contributed by atoms with Crippen molar-refractivity contribution in [2.24, 2.45) is 0 Å². The molecule has 1 atom stereocenters. The lowest BCUT2D eigenvalue weighted by Crippen LogP contribution is -2.46. The molecule has 1 aliphatic rings. The summed E-state index contributed by atoms with van der Waals surface area (Å²) in [7, 11) is -1.13. The van der Waals surface area contributed by atoms with Crippen LogP contribution in [0.5, 0.6) is 0 Å². The summed E-state index contributed by atoms with van der Waals surface area (Å²) in [6.45, 7) is 3.07. The van der Waals surface area contributed by atoms with Crippen LogP contribution in [0.3, 0.4) is 0 Å². The van der Waals surface area contributed by atoms with Crippen molar-refractivity contribution in [1.29, 1.82) is 0 Å². The van der Waals surface area contributed by atoms with Gasteiger partial charge in [0.15, 0.2) is 0 Å². The van der Waals surface area contributed by atoms with Gasteiger partial charge in [0.05, 0.1) is 21.3 Å². The molecule has 5 heteroatoms. The minimum absolute atomic E-state index is 0.0164. The Morgan fingerprint density at radius 2 is 1.94 bits per heavy atom. The lowest BCUT2D eigenvalue weighted by Gasteiger charge is -2.28. The molecule has 0 bridgehead atoms. The number of hydrogen-bond donors (Lipinski definition) is 1. The maximum atomic E-state index is 12.3. The number of amides is 1. The molecule has 0 saturated carbocycles. The second-order valence-corrected chi connectivity index (χ2v) is 5.34. The number of carbonyl (C=O) groups excluding carboxylic acids is 1. The zero-order valence-electron chi connectivity index (χ0n) is 9.81. The first-order valence-corrected chi connectivity index (χ1v) is 7.18. The van der Waals surface area contributed by atoms with Crippen molar-refractivity contribution in [1.82, 2.24) is 10.2 Å². The Kier molecular flexibility index (Phi) is 3.91. The summed E-state index contributed by atoms with van der Waals surface area (Å²) < 4.78 is 11.6. The van der Waals surface area contributed by atoms with E-state index in [0.29, 0.717) is 23.5 Å². The van der Waals surface area contributed by atoms with Crippen LogP contribution >= 0.6 is 0 Å². The van der Waals surface area contributed by atoms with Gasteiger partial charge < -0.3 is 10.2 Å². The van der Waals surface area contributed by atoms with E-state index in [1.54, 1.807) is 18.4 Å². The van der Waals surface area contributed by atoms with Crippen LogP contribution in [0, 0.1) is 0 Å². The number of nitrogens with zero attached hydrogens (tertiary/aromatic N) is 1. The van der Waals surface area contributed by atoms with Crippen LogP contribution in [-0.2, 0) is 10.8 Å². The van der Waals surface area contributed by atoms with Gasteiger partial charge in [-0.25, -0.2) is 0 Å². The number of piperazine rings is 1. The molecule has 17 heavy (non-hydrogen) atoms. The van der Waals surface area contributed by atoms with E-state index in [4.69, 9.17) is 0 Å². The third-order valence-electron chi connectivity index (χ3n) is 2.83. The Bertz CT molecular complexity index is 442. The van der Waals surface area contributed by atoms with E-state index in [1.165, 1.54) is 0 Å². The van der Waals surface area contributed by atoms with E-state index < -0.39 is 10.8 Å². The van der Waals surface area contributed by atoms with Gasteiger partial charge in [-0.3, -0.25) is 9.00 Å². The highest BCUT2D eigenvalue weighted by Gasteiger charge is 2.21. The minimum atomic E-state index is -1.13. The molecule has 1 unspecified atom stereocenters. The quantitative estimate of drug-likeness (QED) is 0.832. The normalized spacial score (nSPS) is 17.8. The molecule has 0 aromatic heterocycles. The number of hydrogen-bond acceptors (Lipinski definition) is 3. The third kappa shape index (κ3) is 2.73. The smallest absolute Gasteiger partial charge is 0.255 e. The Morgan fingerprint density at radius 3 is 2.59 bits per heavy atom. The van der Waals surface area contributed by atoms with Crippen molar-refractivity contribution >= 4 is 16.7 Å². The van der Waals surface area contributed by atoms with Crippen molar-refractivity contribution in [3.8, 4) is 0 Å². The maximum Gasteiger partial charge on any atom is 0.255 e. The van der Waals surface area contributed by atoms with E-state index in [-0.39, 0.29) is 5.91 Å². The van der Waals surface area contributed by atoms with Crippen molar-refractivity contribution < 1.29 is 9.00 Å². The molecule has 0 radical (unpaired) electrons. The van der Waals surface area contributed by atoms with Gasteiger partial charge in [0.25, 0.3) is 5.91 Å². The fraction of sp³-hybridized carbons (Fsp3) is 0.417. The lowest BCUT2D eigenvalue weighted by molar-refractivity contribution is 0.0732. The summed E-state index contributed by atoms with van der Waals surface area (Å²) in [5.74, 6) is -0.0164. The number of rotatable bonds is 2. The zero-order chi connectivity index (χ0) is 12.3. The van der Waals surface area contributed by atoms with Crippen LogP contribution in [0.15, 0.2) is 29.2 Å². The first-order valence-electron chi connectivity index (χ1n) is 5.62. The summed E-state index contributed by atoms with van der Waals surface area (Å²) in [6.07, 6.45) is 1.60. The standard InChI is InChI=1S/C12H16N2O2S/c1-17(16)11-5-3-2-4-10(11)12(15)14-8-6-13-7-9-14/h2-5,13H,6-9H2,1H3. The van der Waals surface area contributed by atoms with Crippen LogP contribution < -0.4 is 5.32 Å². The maximum absolute atomic E-state index is 12.3. The predicted molar refractivity (Wildman–Crippen MR) is 67.5 cm³/mol. The third-order valence-corrected chi connectivity index (χ3v) is 3.81. The van der Waals surface area contributed by atoms with Crippen LogP contribution in [0.4, 0.5) is 0 Å². The second kappa shape index (κ2) is 5.42. The monoisotopic (exact) mass is 252 g/mol. The van der Waals surface area contributed by atoms with Crippen molar-refractivity contribution in [3.63, 3.8) is 0 Å². The molecule has 1 N–H and O–H groups in total. The molecule has 4 nitrogen and oxygen atoms in total. The Balaban J connectivity index is 2.26. The van der Waals surface area contributed by atoms with Gasteiger partial charge in [-0.05, 0) is 12.1 Å². The zero-order valence-corrected chi connectivity index (χ0v) is 10.6. The minimum Gasteiger partial charge on any atom is -0.336 e. The van der Waals surface area contributed by atoms with Crippen LogP contribution in [-0.4, -0.2) is 47.5 Å². The molecule has 1 saturated heterocycles. The van der Waals surface area contributed by atoms with E-state index in [0.717, 1.165) is 13.1 Å². The fourth-order valence-electron chi connectivity index (χ4n) is 1.93. The van der Waals surface area contributed by atoms with Gasteiger partial charge in [-0.2, -0.15) is 0 Å². The van der Waals surface area contributed by atoms with Gasteiger partial charge in [0.2, 0.25) is 0 Å². The van der Waals surface area contributed by atoms with Crippen LogP contribution in [0.2, 0.25) is 0 Å². The Labute approximate surface area is 103 Å². The van der Waals surface area contributed by atoms with E-state index >= 15 is 0 Å². The molecular weight excluding hydrogens is 236 g/mol. The predicted octanol–water partition coefficient (Wildman–Crippen LogP) is 0.469. The molecule has 1 heterocycles. The summed E-state index contributed by atoms with van der Waals surface area (Å²) in [4.78, 5) is 14.7. The molecule has 1 aromatic rings. The largest absolute Gasteiger partial charge is 0.336 e. The molecule has 1 aromatic carbocycles. The molecule has 0 spiro atoms. The summed E-state index contributed by atoms with van der Waals surface area (Å²) in [6, 6.07) is 7.13. The topological polar surface area (TPSA) is 49.4 Å². The molecule has 0 aliphatic carbocycles. The molecule has 1 fully saturated rings. The van der Waals surface area contributed by atoms with Crippen molar-refractivity contribution in [3.05, 3.63) is 29.8 Å². The van der Waals surface area contributed by atoms with Gasteiger partial charge in [-0.15, -0.1) is 0 Å². The van der Waals surface area contributed by atoms with Gasteiger partial charge in [0, 0.05) is 32.4 Å². The average Bonchev–Trinajstić information content (AvgIpc) is 2.39. The van der Waals surface area contributed by atoms with Crippen molar-refractivity contribution in [2.75, 3.05) is 32.4 Å². The number of benzene rings is 1. The van der Waals surface area contributed by atoms with Crippen LogP contribution in [0.1, 0.15) is 10.4 Å². The average molecular weight is 252 g/mol. The van der Waals surface area contributed by atoms with E-state index in [1.807, 2.05) is 17.0 Å². The second-order valence-electron chi connectivity index (χ2n) is 3.99. The fourth-order valence-corrected chi connectivity index (χ4v) is 2.67. The molecule has 1 amide bonds. The summed E-state index contributed by atoms with van der Waals surface area (Å²) in [5.41, 5.74) is 0.565. The molecule has 92 valence electrons. The van der Waals surface area contributed by atoms with Gasteiger partial charge in [0.1, 0.15) is 0 Å². The highest BCUT2D eigenvalue weighted by Crippen LogP contribution is 2.15. The lowest BCUT2D eigenvalue weighted by atomic mass is 10.2. The SMILES string of the molecule is CS(=O)c1ccccc1C(=O)N1CCNCC1. The van der Waals surface area contributed by atoms with Gasteiger partial charge >= 0.3 is 0 Å². The van der Waals surface area contributed by atoms with Crippen molar-refractivity contribution in [2.45, 2.75) is 4.90 Å². The Morgan fingerprint density at radius 1 is 1.29 bits per heavy atom.